The van der Waals surface area contributed by atoms with Gasteiger partial charge in [-0.25, -0.2) is 9.59 Å². The average Bonchev–Trinajstić information content (AvgIpc) is 2.97. The summed E-state index contributed by atoms with van der Waals surface area (Å²) in [6.07, 6.45) is 6.02. The lowest BCUT2D eigenvalue weighted by Crippen LogP contribution is -2.42. The number of hydrogen-bond acceptors (Lipinski definition) is 3. The van der Waals surface area contributed by atoms with E-state index in [4.69, 9.17) is 0 Å². The number of urea groups is 1. The Morgan fingerprint density at radius 1 is 1.35 bits per heavy atom. The lowest BCUT2D eigenvalue weighted by atomic mass is 9.89. The molecule has 2 amide bonds. The minimum absolute atomic E-state index is 0.406. The van der Waals surface area contributed by atoms with Gasteiger partial charge in [0, 0.05) is 11.4 Å². The van der Waals surface area contributed by atoms with Gasteiger partial charge in [-0.2, -0.15) is 0 Å². The third-order valence-corrected chi connectivity index (χ3v) is 4.56. The van der Waals surface area contributed by atoms with E-state index in [1.165, 1.54) is 30.6 Å². The summed E-state index contributed by atoms with van der Waals surface area (Å²) in [4.78, 5) is 23.6. The third-order valence-electron chi connectivity index (χ3n) is 3.63. The van der Waals surface area contributed by atoms with Crippen molar-refractivity contribution < 1.29 is 14.7 Å². The quantitative estimate of drug-likeness (QED) is 0.781. The van der Waals surface area contributed by atoms with E-state index in [-0.39, 0.29) is 0 Å². The molecular formula is C14H20N2O3S. The average molecular weight is 296 g/mol. The smallest absolute Gasteiger partial charge is 0.331 e. The van der Waals surface area contributed by atoms with Crippen molar-refractivity contribution in [2.75, 3.05) is 6.54 Å². The van der Waals surface area contributed by atoms with Crippen LogP contribution in [0, 0.1) is 5.92 Å². The fraction of sp³-hybridized carbons (Fsp3) is 0.571. The first-order valence-electron chi connectivity index (χ1n) is 6.97. The number of carbonyl (C=O) groups excluding carboxylic acids is 1. The van der Waals surface area contributed by atoms with E-state index in [0.717, 1.165) is 12.8 Å². The molecule has 1 aliphatic rings. The summed E-state index contributed by atoms with van der Waals surface area (Å²) in [6.45, 7) is 0.628. The predicted octanol–water partition coefficient (Wildman–Crippen LogP) is 2.75. The van der Waals surface area contributed by atoms with Crippen LogP contribution < -0.4 is 10.6 Å². The lowest BCUT2D eigenvalue weighted by Gasteiger charge is -2.22. The normalized spacial score (nSPS) is 17.4. The molecule has 0 saturated heterocycles. The lowest BCUT2D eigenvalue weighted by molar-refractivity contribution is -0.139. The Labute approximate surface area is 122 Å². The van der Waals surface area contributed by atoms with Crippen LogP contribution in [0.4, 0.5) is 4.79 Å². The van der Waals surface area contributed by atoms with Gasteiger partial charge in [-0.05, 0) is 30.2 Å². The number of hydrogen-bond donors (Lipinski definition) is 3. The highest BCUT2D eigenvalue weighted by Gasteiger charge is 2.23. The molecule has 3 N–H and O–H groups in total. The van der Waals surface area contributed by atoms with Crippen molar-refractivity contribution in [3.63, 3.8) is 0 Å². The summed E-state index contributed by atoms with van der Waals surface area (Å²) in [6, 6.07) is 2.11. The van der Waals surface area contributed by atoms with Crippen LogP contribution in [0.2, 0.25) is 0 Å². The van der Waals surface area contributed by atoms with Crippen LogP contribution in [0.15, 0.2) is 17.5 Å². The van der Waals surface area contributed by atoms with Crippen LogP contribution in [0.3, 0.4) is 0 Å². The number of thiophene rings is 1. The van der Waals surface area contributed by atoms with Crippen LogP contribution >= 0.6 is 11.3 Å². The SMILES string of the molecule is O=C(NCC1CCCCC1)NC(C(=O)O)c1cccs1. The molecule has 6 heteroatoms. The molecule has 5 nitrogen and oxygen atoms in total. The maximum absolute atomic E-state index is 11.8. The number of carboxylic acid groups (broad SMARTS) is 1. The Kier molecular flexibility index (Phi) is 5.40. The topological polar surface area (TPSA) is 78.4 Å². The van der Waals surface area contributed by atoms with E-state index in [0.29, 0.717) is 17.3 Å². The van der Waals surface area contributed by atoms with E-state index in [9.17, 15) is 14.7 Å². The van der Waals surface area contributed by atoms with Crippen molar-refractivity contribution in [2.45, 2.75) is 38.1 Å². The molecule has 1 heterocycles. The van der Waals surface area contributed by atoms with Crippen molar-refractivity contribution in [2.24, 2.45) is 5.92 Å². The molecule has 1 aromatic heterocycles. The van der Waals surface area contributed by atoms with Gasteiger partial charge in [-0.3, -0.25) is 0 Å². The Hall–Kier alpha value is -1.56. The third kappa shape index (κ3) is 4.23. The number of amides is 2. The Morgan fingerprint density at radius 3 is 2.70 bits per heavy atom. The standard InChI is InChI=1S/C14H20N2O3S/c17-13(18)12(11-7-4-8-20-11)16-14(19)15-9-10-5-2-1-3-6-10/h4,7-8,10,12H,1-3,5-6,9H2,(H,17,18)(H2,15,16,19). The van der Waals surface area contributed by atoms with Gasteiger partial charge in [0.15, 0.2) is 6.04 Å². The van der Waals surface area contributed by atoms with Crippen molar-refractivity contribution in [1.29, 1.82) is 0 Å². The van der Waals surface area contributed by atoms with Gasteiger partial charge in [-0.1, -0.05) is 25.3 Å². The minimum Gasteiger partial charge on any atom is -0.479 e. The summed E-state index contributed by atoms with van der Waals surface area (Å²) in [5, 5.41) is 16.3. The number of aliphatic carboxylic acids is 1. The largest absolute Gasteiger partial charge is 0.479 e. The first-order chi connectivity index (χ1) is 9.66. The summed E-state index contributed by atoms with van der Waals surface area (Å²) < 4.78 is 0. The molecule has 1 aromatic rings. The highest BCUT2D eigenvalue weighted by Crippen LogP contribution is 2.23. The second-order valence-electron chi connectivity index (χ2n) is 5.15. The van der Waals surface area contributed by atoms with E-state index in [1.807, 2.05) is 0 Å². The zero-order valence-corrected chi connectivity index (χ0v) is 12.1. The molecule has 0 spiro atoms. The number of carbonyl (C=O) groups is 2. The van der Waals surface area contributed by atoms with E-state index in [1.54, 1.807) is 17.5 Å². The molecular weight excluding hydrogens is 276 g/mol. The zero-order valence-electron chi connectivity index (χ0n) is 11.3. The molecule has 1 aliphatic carbocycles. The molecule has 110 valence electrons. The Morgan fingerprint density at radius 2 is 2.10 bits per heavy atom. The van der Waals surface area contributed by atoms with Crippen LogP contribution in [0.25, 0.3) is 0 Å². The van der Waals surface area contributed by atoms with E-state index in [2.05, 4.69) is 10.6 Å². The number of carboxylic acids is 1. The van der Waals surface area contributed by atoms with Gasteiger partial charge >= 0.3 is 12.0 Å². The fourth-order valence-electron chi connectivity index (χ4n) is 2.52. The van der Waals surface area contributed by atoms with Crippen molar-refractivity contribution in [3.8, 4) is 0 Å². The molecule has 20 heavy (non-hydrogen) atoms. The highest BCUT2D eigenvalue weighted by atomic mass is 32.1. The molecule has 1 atom stereocenters. The first-order valence-corrected chi connectivity index (χ1v) is 7.85. The summed E-state index contributed by atoms with van der Waals surface area (Å²) in [7, 11) is 0. The van der Waals surface area contributed by atoms with E-state index < -0.39 is 18.0 Å². The maximum Gasteiger partial charge on any atom is 0.331 e. The van der Waals surface area contributed by atoms with Gasteiger partial charge in [0.25, 0.3) is 0 Å². The second kappa shape index (κ2) is 7.28. The molecule has 1 saturated carbocycles. The monoisotopic (exact) mass is 296 g/mol. The molecule has 0 bridgehead atoms. The minimum atomic E-state index is -1.04. The summed E-state index contributed by atoms with van der Waals surface area (Å²) >= 11 is 1.32. The molecule has 0 aromatic carbocycles. The van der Waals surface area contributed by atoms with Gasteiger partial charge in [0.05, 0.1) is 0 Å². The van der Waals surface area contributed by atoms with Gasteiger partial charge < -0.3 is 15.7 Å². The van der Waals surface area contributed by atoms with Crippen LogP contribution in [-0.4, -0.2) is 23.7 Å². The van der Waals surface area contributed by atoms with Gasteiger partial charge in [0.1, 0.15) is 0 Å². The summed E-state index contributed by atoms with van der Waals surface area (Å²) in [5.74, 6) is -0.514. The van der Waals surface area contributed by atoms with Crippen LogP contribution in [-0.2, 0) is 4.79 Å². The Balaban J connectivity index is 1.81. The van der Waals surface area contributed by atoms with Gasteiger partial charge in [0.2, 0.25) is 0 Å². The predicted molar refractivity (Wildman–Crippen MR) is 77.8 cm³/mol. The van der Waals surface area contributed by atoms with Crippen LogP contribution in [0.1, 0.15) is 43.0 Å². The molecule has 0 radical (unpaired) electrons. The van der Waals surface area contributed by atoms with E-state index >= 15 is 0 Å². The number of nitrogens with one attached hydrogen (secondary N) is 2. The fourth-order valence-corrected chi connectivity index (χ4v) is 3.29. The molecule has 0 aliphatic heterocycles. The second-order valence-corrected chi connectivity index (χ2v) is 6.12. The number of rotatable bonds is 5. The van der Waals surface area contributed by atoms with Crippen molar-refractivity contribution >= 4 is 23.3 Å². The van der Waals surface area contributed by atoms with Crippen LogP contribution in [0.5, 0.6) is 0 Å². The maximum atomic E-state index is 11.8. The summed E-state index contributed by atoms with van der Waals surface area (Å²) in [5.41, 5.74) is 0. The highest BCUT2D eigenvalue weighted by molar-refractivity contribution is 7.10. The zero-order chi connectivity index (χ0) is 14.4. The molecule has 2 rings (SSSR count). The van der Waals surface area contributed by atoms with Crippen molar-refractivity contribution in [3.05, 3.63) is 22.4 Å². The first kappa shape index (κ1) is 14.8. The molecule has 1 fully saturated rings. The van der Waals surface area contributed by atoms with Gasteiger partial charge in [-0.15, -0.1) is 11.3 Å². The van der Waals surface area contributed by atoms with Crippen molar-refractivity contribution in [1.82, 2.24) is 10.6 Å². The molecule has 1 unspecified atom stereocenters. The Bertz CT molecular complexity index is 441.